The van der Waals surface area contributed by atoms with E-state index < -0.39 is 0 Å². The number of hydrogen-bond acceptors (Lipinski definition) is 2. The Kier molecular flexibility index (Phi) is 5.36. The first-order valence-electron chi connectivity index (χ1n) is 14.4. The Labute approximate surface area is 244 Å². The molecule has 1 aliphatic carbocycles. The van der Waals surface area contributed by atoms with Gasteiger partial charge < -0.3 is 4.42 Å². The third kappa shape index (κ3) is 3.76. The van der Waals surface area contributed by atoms with E-state index in [1.54, 1.807) is 0 Å². The molecule has 0 saturated carbocycles. The zero-order valence-corrected chi connectivity index (χ0v) is 23.5. The second kappa shape index (κ2) is 9.15. The molecule has 0 fully saturated rings. The summed E-state index contributed by atoms with van der Waals surface area (Å²) in [5.74, 6) is 0. The Morgan fingerprint density at radius 2 is 1.02 bits per heavy atom. The van der Waals surface area contributed by atoms with Crippen LogP contribution in [0.25, 0.3) is 66.4 Å². The molecule has 200 valence electrons. The highest BCUT2D eigenvalue weighted by atomic mass is 16.3. The molecular weight excluding hydrogens is 512 g/mol. The van der Waals surface area contributed by atoms with E-state index in [1.165, 1.54) is 44.5 Å². The van der Waals surface area contributed by atoms with Crippen molar-refractivity contribution in [1.82, 2.24) is 0 Å². The number of benzene rings is 6. The Morgan fingerprint density at radius 3 is 1.81 bits per heavy atom. The van der Waals surface area contributed by atoms with Crippen LogP contribution in [-0.4, -0.2) is 0 Å². The summed E-state index contributed by atoms with van der Waals surface area (Å²) in [7, 11) is 0. The molecule has 0 bridgehead atoms. The molecule has 1 aromatic heterocycles. The summed E-state index contributed by atoms with van der Waals surface area (Å²) in [5.41, 5.74) is 13.5. The highest BCUT2D eigenvalue weighted by molar-refractivity contribution is 5.92. The van der Waals surface area contributed by atoms with Gasteiger partial charge in [0.2, 0.25) is 5.43 Å². The minimum Gasteiger partial charge on any atom is -0.456 e. The molecule has 42 heavy (non-hydrogen) atoms. The average Bonchev–Trinajstić information content (AvgIpc) is 3.26. The van der Waals surface area contributed by atoms with Crippen molar-refractivity contribution in [3.63, 3.8) is 0 Å². The van der Waals surface area contributed by atoms with Crippen molar-refractivity contribution in [1.29, 1.82) is 0 Å². The fraction of sp³-hybridized carbons (Fsp3) is 0.0750. The highest BCUT2D eigenvalue weighted by Gasteiger charge is 2.35. The molecule has 1 aliphatic rings. The minimum atomic E-state index is -0.0612. The lowest BCUT2D eigenvalue weighted by atomic mass is 9.81. The SMILES string of the molecule is CC1(C)c2ccc(-c3ccc(-c4ccc5c(=O)c6ccccc6oc5c4)cc3)cc2-c2ccc(-c3ccccc3)cc21. The van der Waals surface area contributed by atoms with Crippen LogP contribution in [0.3, 0.4) is 0 Å². The molecular formula is C40H28O2. The quantitative estimate of drug-likeness (QED) is 0.209. The van der Waals surface area contributed by atoms with Gasteiger partial charge in [-0.1, -0.05) is 111 Å². The number of rotatable bonds is 3. The van der Waals surface area contributed by atoms with Crippen molar-refractivity contribution < 1.29 is 4.42 Å². The zero-order chi connectivity index (χ0) is 28.4. The second-order valence-electron chi connectivity index (χ2n) is 11.7. The highest BCUT2D eigenvalue weighted by Crippen LogP contribution is 2.50. The van der Waals surface area contributed by atoms with Crippen LogP contribution in [0.5, 0.6) is 0 Å². The van der Waals surface area contributed by atoms with Gasteiger partial charge >= 0.3 is 0 Å². The van der Waals surface area contributed by atoms with Crippen LogP contribution in [0.4, 0.5) is 0 Å². The first kappa shape index (κ1) is 24.6. The first-order chi connectivity index (χ1) is 20.5. The van der Waals surface area contributed by atoms with Crippen LogP contribution in [-0.2, 0) is 5.41 Å². The van der Waals surface area contributed by atoms with E-state index in [1.807, 2.05) is 42.5 Å². The van der Waals surface area contributed by atoms with E-state index in [9.17, 15) is 4.79 Å². The summed E-state index contributed by atoms with van der Waals surface area (Å²) in [5, 5.41) is 1.21. The van der Waals surface area contributed by atoms with Crippen molar-refractivity contribution in [3.05, 3.63) is 155 Å². The number of fused-ring (bicyclic) bond motifs is 5. The molecule has 0 N–H and O–H groups in total. The van der Waals surface area contributed by atoms with E-state index >= 15 is 0 Å². The summed E-state index contributed by atoms with van der Waals surface area (Å²) in [4.78, 5) is 13.0. The molecule has 2 nitrogen and oxygen atoms in total. The summed E-state index contributed by atoms with van der Waals surface area (Å²) in [6.07, 6.45) is 0. The fourth-order valence-corrected chi connectivity index (χ4v) is 6.58. The Balaban J connectivity index is 1.15. The Bertz CT molecular complexity index is 2220. The summed E-state index contributed by atoms with van der Waals surface area (Å²) >= 11 is 0. The Hall–Kier alpha value is -5.21. The lowest BCUT2D eigenvalue weighted by Crippen LogP contribution is -2.15. The molecule has 8 rings (SSSR count). The maximum Gasteiger partial charge on any atom is 0.200 e. The van der Waals surface area contributed by atoms with Gasteiger partial charge in [0.1, 0.15) is 11.2 Å². The van der Waals surface area contributed by atoms with Gasteiger partial charge in [-0.15, -0.1) is 0 Å². The average molecular weight is 541 g/mol. The molecule has 0 amide bonds. The molecule has 6 aromatic carbocycles. The van der Waals surface area contributed by atoms with E-state index in [0.717, 1.165) is 11.1 Å². The molecule has 0 spiro atoms. The largest absolute Gasteiger partial charge is 0.456 e. The van der Waals surface area contributed by atoms with Crippen molar-refractivity contribution in [2.45, 2.75) is 19.3 Å². The van der Waals surface area contributed by atoms with Gasteiger partial charge in [0.25, 0.3) is 0 Å². The lowest BCUT2D eigenvalue weighted by molar-refractivity contribution is 0.660. The van der Waals surface area contributed by atoms with E-state index in [4.69, 9.17) is 4.42 Å². The standard InChI is InChI=1S/C40H28O2/c1-40(2)35-21-18-28(22-34(35)31-19-16-29(23-36(31)40)25-8-4-3-5-9-25)26-12-14-27(15-13-26)30-17-20-33-38(24-30)42-37-11-7-6-10-32(37)39(33)41/h3-24H,1-2H3. The van der Waals surface area contributed by atoms with Crippen molar-refractivity contribution in [2.24, 2.45) is 0 Å². The molecule has 0 saturated heterocycles. The van der Waals surface area contributed by atoms with Crippen LogP contribution >= 0.6 is 0 Å². The summed E-state index contributed by atoms with van der Waals surface area (Å²) in [6, 6.07) is 46.3. The topological polar surface area (TPSA) is 30.2 Å². The molecule has 0 aliphatic heterocycles. The van der Waals surface area contributed by atoms with Crippen LogP contribution in [0.15, 0.2) is 143 Å². The number of hydrogen-bond donors (Lipinski definition) is 0. The molecule has 2 heteroatoms. The van der Waals surface area contributed by atoms with E-state index in [2.05, 4.69) is 105 Å². The zero-order valence-electron chi connectivity index (χ0n) is 23.5. The summed E-state index contributed by atoms with van der Waals surface area (Å²) in [6.45, 7) is 4.66. The first-order valence-corrected chi connectivity index (χ1v) is 14.4. The van der Waals surface area contributed by atoms with Gasteiger partial charge in [-0.05, 0) is 92.0 Å². The smallest absolute Gasteiger partial charge is 0.200 e. The molecule has 7 aromatic rings. The second-order valence-corrected chi connectivity index (χ2v) is 11.7. The van der Waals surface area contributed by atoms with Crippen LogP contribution in [0.1, 0.15) is 25.0 Å². The monoisotopic (exact) mass is 540 g/mol. The van der Waals surface area contributed by atoms with Gasteiger partial charge in [-0.3, -0.25) is 4.79 Å². The maximum absolute atomic E-state index is 13.0. The Morgan fingerprint density at radius 1 is 0.452 bits per heavy atom. The molecule has 0 atom stereocenters. The molecule has 1 heterocycles. The van der Waals surface area contributed by atoms with Crippen molar-refractivity contribution in [3.8, 4) is 44.5 Å². The van der Waals surface area contributed by atoms with Gasteiger partial charge in [-0.2, -0.15) is 0 Å². The third-order valence-corrected chi connectivity index (χ3v) is 8.91. The number of para-hydroxylation sites is 1. The van der Waals surface area contributed by atoms with Gasteiger partial charge in [0, 0.05) is 5.41 Å². The van der Waals surface area contributed by atoms with Crippen LogP contribution in [0, 0.1) is 0 Å². The van der Waals surface area contributed by atoms with Gasteiger partial charge in [0.15, 0.2) is 0 Å². The summed E-state index contributed by atoms with van der Waals surface area (Å²) < 4.78 is 6.10. The minimum absolute atomic E-state index is 0.00592. The van der Waals surface area contributed by atoms with Crippen LogP contribution < -0.4 is 5.43 Å². The van der Waals surface area contributed by atoms with Gasteiger partial charge in [-0.25, -0.2) is 0 Å². The van der Waals surface area contributed by atoms with Crippen LogP contribution in [0.2, 0.25) is 0 Å². The van der Waals surface area contributed by atoms with E-state index in [0.29, 0.717) is 21.9 Å². The molecule has 0 radical (unpaired) electrons. The third-order valence-electron chi connectivity index (χ3n) is 8.91. The normalized spacial score (nSPS) is 13.3. The van der Waals surface area contributed by atoms with E-state index in [-0.39, 0.29) is 10.8 Å². The van der Waals surface area contributed by atoms with Crippen molar-refractivity contribution >= 4 is 21.9 Å². The maximum atomic E-state index is 13.0. The molecule has 0 unspecified atom stereocenters. The predicted molar refractivity (Wildman–Crippen MR) is 174 cm³/mol. The predicted octanol–water partition coefficient (Wildman–Crippen LogP) is 10.3. The lowest BCUT2D eigenvalue weighted by Gasteiger charge is -2.22. The van der Waals surface area contributed by atoms with Crippen molar-refractivity contribution in [2.75, 3.05) is 0 Å². The fourth-order valence-electron chi connectivity index (χ4n) is 6.58. The van der Waals surface area contributed by atoms with Gasteiger partial charge in [0.05, 0.1) is 10.8 Å².